The fourth-order valence-corrected chi connectivity index (χ4v) is 2.14. The Kier molecular flexibility index (Phi) is 4.35. The summed E-state index contributed by atoms with van der Waals surface area (Å²) in [5, 5.41) is 17.8. The van der Waals surface area contributed by atoms with E-state index in [-0.39, 0.29) is 6.10 Å². The van der Waals surface area contributed by atoms with Crippen molar-refractivity contribution < 1.29 is 9.47 Å². The lowest BCUT2D eigenvalue weighted by Gasteiger charge is -2.30. The number of methoxy groups -OCH3 is 1. The molecule has 1 unspecified atom stereocenters. The SMILES string of the molecule is COc1ccc(C#N)cc1CN1CCOC(C#N)C1. The summed E-state index contributed by atoms with van der Waals surface area (Å²) in [6, 6.07) is 9.61. The maximum atomic E-state index is 8.94. The quantitative estimate of drug-likeness (QED) is 0.816. The molecule has 1 fully saturated rings. The first-order valence-electron chi connectivity index (χ1n) is 6.07. The van der Waals surface area contributed by atoms with Gasteiger partial charge in [0.2, 0.25) is 0 Å². The van der Waals surface area contributed by atoms with Crippen molar-refractivity contribution in [2.45, 2.75) is 12.6 Å². The highest BCUT2D eigenvalue weighted by Gasteiger charge is 2.21. The van der Waals surface area contributed by atoms with Crippen LogP contribution in [0.5, 0.6) is 5.75 Å². The highest BCUT2D eigenvalue weighted by molar-refractivity contribution is 5.42. The van der Waals surface area contributed by atoms with Gasteiger partial charge >= 0.3 is 0 Å². The van der Waals surface area contributed by atoms with Gasteiger partial charge in [0.05, 0.1) is 31.4 Å². The lowest BCUT2D eigenvalue weighted by Crippen LogP contribution is -2.41. The molecule has 1 atom stereocenters. The first-order chi connectivity index (χ1) is 9.26. The Bertz CT molecular complexity index is 530. The van der Waals surface area contributed by atoms with Gasteiger partial charge in [-0.2, -0.15) is 10.5 Å². The third kappa shape index (κ3) is 3.23. The normalized spacial score (nSPS) is 19.4. The second-order valence-electron chi connectivity index (χ2n) is 4.36. The molecule has 1 aliphatic heterocycles. The minimum absolute atomic E-state index is 0.376. The summed E-state index contributed by atoms with van der Waals surface area (Å²) in [4.78, 5) is 2.14. The second-order valence-corrected chi connectivity index (χ2v) is 4.36. The summed E-state index contributed by atoms with van der Waals surface area (Å²) < 4.78 is 10.6. The van der Waals surface area contributed by atoms with Crippen LogP contribution in [0.25, 0.3) is 0 Å². The number of nitriles is 2. The number of hydrogen-bond acceptors (Lipinski definition) is 5. The lowest BCUT2D eigenvalue weighted by molar-refractivity contribution is -0.00291. The number of hydrogen-bond donors (Lipinski definition) is 0. The Morgan fingerprint density at radius 1 is 1.47 bits per heavy atom. The van der Waals surface area contributed by atoms with Crippen LogP contribution in [0.15, 0.2) is 18.2 Å². The Labute approximate surface area is 112 Å². The van der Waals surface area contributed by atoms with Gasteiger partial charge in [0, 0.05) is 25.2 Å². The smallest absolute Gasteiger partial charge is 0.156 e. The number of nitrogens with zero attached hydrogens (tertiary/aromatic N) is 3. The molecule has 0 spiro atoms. The van der Waals surface area contributed by atoms with Crippen LogP contribution in [-0.2, 0) is 11.3 Å². The van der Waals surface area contributed by atoms with E-state index in [4.69, 9.17) is 20.0 Å². The summed E-state index contributed by atoms with van der Waals surface area (Å²) >= 11 is 0. The molecule has 1 aliphatic rings. The fraction of sp³-hybridized carbons (Fsp3) is 0.429. The Balaban J connectivity index is 2.14. The van der Waals surface area contributed by atoms with E-state index < -0.39 is 0 Å². The van der Waals surface area contributed by atoms with Gasteiger partial charge < -0.3 is 9.47 Å². The molecule has 0 saturated carbocycles. The van der Waals surface area contributed by atoms with Gasteiger partial charge in [-0.1, -0.05) is 0 Å². The molecule has 0 radical (unpaired) electrons. The summed E-state index contributed by atoms with van der Waals surface area (Å²) in [7, 11) is 1.61. The van der Waals surface area contributed by atoms with Crippen LogP contribution in [0.3, 0.4) is 0 Å². The van der Waals surface area contributed by atoms with E-state index in [2.05, 4.69) is 17.0 Å². The molecule has 2 rings (SSSR count). The van der Waals surface area contributed by atoms with Gasteiger partial charge in [-0.15, -0.1) is 0 Å². The molecule has 5 heteroatoms. The minimum Gasteiger partial charge on any atom is -0.496 e. The molecular formula is C14H15N3O2. The van der Waals surface area contributed by atoms with E-state index in [1.54, 1.807) is 19.2 Å². The van der Waals surface area contributed by atoms with Crippen molar-refractivity contribution in [3.63, 3.8) is 0 Å². The van der Waals surface area contributed by atoms with E-state index in [9.17, 15) is 0 Å². The molecule has 0 aromatic heterocycles. The number of ether oxygens (including phenoxy) is 2. The zero-order valence-electron chi connectivity index (χ0n) is 10.8. The van der Waals surface area contributed by atoms with Crippen LogP contribution >= 0.6 is 0 Å². The van der Waals surface area contributed by atoms with E-state index in [1.165, 1.54) is 0 Å². The highest BCUT2D eigenvalue weighted by atomic mass is 16.5. The summed E-state index contributed by atoms with van der Waals surface area (Å²) in [5.74, 6) is 0.763. The van der Waals surface area contributed by atoms with Crippen LogP contribution in [0.1, 0.15) is 11.1 Å². The molecular weight excluding hydrogens is 242 g/mol. The van der Waals surface area contributed by atoms with Crippen molar-refractivity contribution in [1.29, 1.82) is 10.5 Å². The van der Waals surface area contributed by atoms with Crippen molar-refractivity contribution >= 4 is 0 Å². The molecule has 0 N–H and O–H groups in total. The standard InChI is InChI=1S/C14H15N3O2/c1-18-14-3-2-11(7-15)6-12(14)9-17-4-5-19-13(8-16)10-17/h2-3,6,13H,4-5,9-10H2,1H3. The molecule has 19 heavy (non-hydrogen) atoms. The summed E-state index contributed by atoms with van der Waals surface area (Å²) in [5.41, 5.74) is 1.57. The Hall–Kier alpha value is -2.08. The fourth-order valence-electron chi connectivity index (χ4n) is 2.14. The molecule has 5 nitrogen and oxygen atoms in total. The molecule has 0 aliphatic carbocycles. The molecule has 0 amide bonds. The molecule has 1 aromatic rings. The van der Waals surface area contributed by atoms with Crippen molar-refractivity contribution in [2.75, 3.05) is 26.8 Å². The van der Waals surface area contributed by atoms with Gasteiger partial charge in [0.15, 0.2) is 6.10 Å². The van der Waals surface area contributed by atoms with Crippen molar-refractivity contribution in [1.82, 2.24) is 4.90 Å². The topological polar surface area (TPSA) is 69.3 Å². The van der Waals surface area contributed by atoms with Crippen LogP contribution in [-0.4, -0.2) is 37.8 Å². The Morgan fingerprint density at radius 3 is 3.00 bits per heavy atom. The van der Waals surface area contributed by atoms with Gasteiger partial charge in [0.1, 0.15) is 5.75 Å². The van der Waals surface area contributed by atoms with Gasteiger partial charge in [0.25, 0.3) is 0 Å². The molecule has 0 bridgehead atoms. The van der Waals surface area contributed by atoms with Gasteiger partial charge in [-0.05, 0) is 18.2 Å². The highest BCUT2D eigenvalue weighted by Crippen LogP contribution is 2.22. The summed E-state index contributed by atoms with van der Waals surface area (Å²) in [6.45, 7) is 2.56. The monoisotopic (exact) mass is 257 g/mol. The van der Waals surface area contributed by atoms with Crippen LogP contribution in [0, 0.1) is 22.7 Å². The Morgan fingerprint density at radius 2 is 2.32 bits per heavy atom. The van der Waals surface area contributed by atoms with Crippen LogP contribution in [0.2, 0.25) is 0 Å². The van der Waals surface area contributed by atoms with Crippen molar-refractivity contribution in [3.05, 3.63) is 29.3 Å². The van der Waals surface area contributed by atoms with E-state index in [1.807, 2.05) is 6.07 Å². The van der Waals surface area contributed by atoms with E-state index in [0.29, 0.717) is 25.3 Å². The van der Waals surface area contributed by atoms with Crippen molar-refractivity contribution in [2.24, 2.45) is 0 Å². The minimum atomic E-state index is -0.376. The average molecular weight is 257 g/mol. The number of morpholine rings is 1. The zero-order valence-corrected chi connectivity index (χ0v) is 10.8. The predicted molar refractivity (Wildman–Crippen MR) is 68.3 cm³/mol. The molecule has 1 saturated heterocycles. The second kappa shape index (κ2) is 6.19. The van der Waals surface area contributed by atoms with E-state index in [0.717, 1.165) is 17.9 Å². The predicted octanol–water partition coefficient (Wildman–Crippen LogP) is 1.29. The maximum absolute atomic E-state index is 8.94. The zero-order chi connectivity index (χ0) is 13.7. The number of benzene rings is 1. The largest absolute Gasteiger partial charge is 0.496 e. The van der Waals surface area contributed by atoms with Gasteiger partial charge in [-0.3, -0.25) is 4.90 Å². The first-order valence-corrected chi connectivity index (χ1v) is 6.07. The molecule has 1 aromatic carbocycles. The average Bonchev–Trinajstić information content (AvgIpc) is 2.47. The van der Waals surface area contributed by atoms with Crippen LogP contribution < -0.4 is 4.74 Å². The van der Waals surface area contributed by atoms with Crippen LogP contribution in [0.4, 0.5) is 0 Å². The third-order valence-corrected chi connectivity index (χ3v) is 3.10. The summed E-state index contributed by atoms with van der Waals surface area (Å²) in [6.07, 6.45) is -0.376. The molecule has 1 heterocycles. The lowest BCUT2D eigenvalue weighted by atomic mass is 10.1. The maximum Gasteiger partial charge on any atom is 0.156 e. The van der Waals surface area contributed by atoms with Gasteiger partial charge in [-0.25, -0.2) is 0 Å². The van der Waals surface area contributed by atoms with E-state index >= 15 is 0 Å². The number of rotatable bonds is 3. The third-order valence-electron chi connectivity index (χ3n) is 3.10. The van der Waals surface area contributed by atoms with Crippen molar-refractivity contribution in [3.8, 4) is 17.9 Å². The molecule has 98 valence electrons. The first kappa shape index (κ1) is 13.4.